The number of ether oxygens (including phenoxy) is 2. The summed E-state index contributed by atoms with van der Waals surface area (Å²) in [5.74, 6) is 0.0845. The van der Waals surface area contributed by atoms with Crippen LogP contribution in [0.1, 0.15) is 37.4 Å². The summed E-state index contributed by atoms with van der Waals surface area (Å²) in [5.41, 5.74) is 7.31. The van der Waals surface area contributed by atoms with E-state index >= 15 is 0 Å². The van der Waals surface area contributed by atoms with Gasteiger partial charge in [0.25, 0.3) is 0 Å². The predicted molar refractivity (Wildman–Crippen MR) is 83.8 cm³/mol. The highest BCUT2D eigenvalue weighted by atomic mass is 32.1. The molecule has 20 heavy (non-hydrogen) atoms. The second-order valence-corrected chi connectivity index (χ2v) is 5.72. The summed E-state index contributed by atoms with van der Waals surface area (Å²) in [4.78, 5) is 12.2. The summed E-state index contributed by atoms with van der Waals surface area (Å²) < 4.78 is 10.7. The van der Waals surface area contributed by atoms with Crippen molar-refractivity contribution in [1.82, 2.24) is 0 Å². The number of hydrogen-bond acceptors (Lipinski definition) is 6. The van der Waals surface area contributed by atoms with Crippen molar-refractivity contribution >= 4 is 28.0 Å². The smallest absolute Gasteiger partial charge is 0.350 e. The molecule has 1 rings (SSSR count). The van der Waals surface area contributed by atoms with E-state index in [2.05, 4.69) is 11.9 Å². The van der Waals surface area contributed by atoms with Gasteiger partial charge in [0.15, 0.2) is 5.75 Å². The van der Waals surface area contributed by atoms with E-state index in [0.29, 0.717) is 29.5 Å². The zero-order chi connectivity index (χ0) is 15.3. The molecule has 0 atom stereocenters. The largest absolute Gasteiger partial charge is 0.486 e. The van der Waals surface area contributed by atoms with Crippen LogP contribution in [-0.4, -0.2) is 25.2 Å². The molecule has 0 amide bonds. The summed E-state index contributed by atoms with van der Waals surface area (Å²) in [6, 6.07) is 0. The standard InChI is InChI=1S/C14H22N2O3S/c1-6-18-14(17)12-10(15)11(19-9(4)5)13(20-12)16-7-8(2)3/h9,16H,2,6-7,15H2,1,3-5H3. The second-order valence-electron chi connectivity index (χ2n) is 4.70. The van der Waals surface area contributed by atoms with Gasteiger partial charge < -0.3 is 20.5 Å². The Morgan fingerprint density at radius 2 is 2.15 bits per heavy atom. The zero-order valence-electron chi connectivity index (χ0n) is 12.4. The Morgan fingerprint density at radius 1 is 1.50 bits per heavy atom. The quantitative estimate of drug-likeness (QED) is 0.597. The van der Waals surface area contributed by atoms with Crippen molar-refractivity contribution in [3.8, 4) is 5.75 Å². The first-order chi connectivity index (χ1) is 9.36. The lowest BCUT2D eigenvalue weighted by Crippen LogP contribution is -2.10. The molecule has 0 spiro atoms. The number of nitrogens with two attached hydrogens (primary N) is 1. The lowest BCUT2D eigenvalue weighted by atomic mass is 10.3. The van der Waals surface area contributed by atoms with Crippen LogP contribution in [0.4, 0.5) is 10.7 Å². The van der Waals surface area contributed by atoms with Gasteiger partial charge in [-0.05, 0) is 27.7 Å². The van der Waals surface area contributed by atoms with Crippen LogP contribution in [-0.2, 0) is 4.74 Å². The van der Waals surface area contributed by atoms with Gasteiger partial charge in [0.1, 0.15) is 15.6 Å². The maximum atomic E-state index is 11.9. The van der Waals surface area contributed by atoms with Crippen LogP contribution < -0.4 is 15.8 Å². The van der Waals surface area contributed by atoms with Gasteiger partial charge in [0.05, 0.1) is 12.7 Å². The molecule has 0 aliphatic rings. The molecule has 112 valence electrons. The predicted octanol–water partition coefficient (Wildman–Crippen LogP) is 3.28. The van der Waals surface area contributed by atoms with Crippen molar-refractivity contribution in [1.29, 1.82) is 0 Å². The molecule has 5 nitrogen and oxygen atoms in total. The molecular weight excluding hydrogens is 276 g/mol. The van der Waals surface area contributed by atoms with E-state index in [0.717, 1.165) is 10.6 Å². The molecule has 0 fully saturated rings. The van der Waals surface area contributed by atoms with Crippen LogP contribution in [0.5, 0.6) is 5.75 Å². The fourth-order valence-corrected chi connectivity index (χ4v) is 2.42. The molecule has 0 aromatic carbocycles. The normalized spacial score (nSPS) is 10.4. The fraction of sp³-hybridized carbons (Fsp3) is 0.500. The van der Waals surface area contributed by atoms with Crippen LogP contribution in [0.15, 0.2) is 12.2 Å². The monoisotopic (exact) mass is 298 g/mol. The number of nitrogen functional groups attached to an aromatic ring is 1. The molecular formula is C14H22N2O3S. The van der Waals surface area contributed by atoms with E-state index in [1.54, 1.807) is 6.92 Å². The third kappa shape index (κ3) is 4.16. The number of hydrogen-bond donors (Lipinski definition) is 2. The zero-order valence-corrected chi connectivity index (χ0v) is 13.2. The van der Waals surface area contributed by atoms with Gasteiger partial charge in [-0.2, -0.15) is 0 Å². The van der Waals surface area contributed by atoms with Gasteiger partial charge in [-0.15, -0.1) is 11.3 Å². The van der Waals surface area contributed by atoms with Crippen LogP contribution in [0, 0.1) is 0 Å². The molecule has 0 saturated heterocycles. The average molecular weight is 298 g/mol. The Morgan fingerprint density at radius 3 is 2.65 bits per heavy atom. The molecule has 0 bridgehead atoms. The van der Waals surface area contributed by atoms with Crippen molar-refractivity contribution in [2.45, 2.75) is 33.8 Å². The van der Waals surface area contributed by atoms with Crippen molar-refractivity contribution < 1.29 is 14.3 Å². The lowest BCUT2D eigenvalue weighted by Gasteiger charge is -2.12. The molecule has 0 radical (unpaired) electrons. The number of thiophene rings is 1. The lowest BCUT2D eigenvalue weighted by molar-refractivity contribution is 0.0533. The van der Waals surface area contributed by atoms with Crippen molar-refractivity contribution in [3.63, 3.8) is 0 Å². The maximum absolute atomic E-state index is 11.9. The number of anilines is 2. The molecule has 0 unspecified atom stereocenters. The fourth-order valence-electron chi connectivity index (χ4n) is 1.48. The Balaban J connectivity index is 3.09. The highest BCUT2D eigenvalue weighted by Crippen LogP contribution is 2.43. The van der Waals surface area contributed by atoms with Gasteiger partial charge in [0, 0.05) is 6.54 Å². The second kappa shape index (κ2) is 7.19. The van der Waals surface area contributed by atoms with Gasteiger partial charge >= 0.3 is 5.97 Å². The first-order valence-corrected chi connectivity index (χ1v) is 7.32. The topological polar surface area (TPSA) is 73.6 Å². The third-order valence-electron chi connectivity index (χ3n) is 2.26. The third-order valence-corrected chi connectivity index (χ3v) is 3.39. The summed E-state index contributed by atoms with van der Waals surface area (Å²) in [5, 5.41) is 3.91. The number of carbonyl (C=O) groups is 1. The SMILES string of the molecule is C=C(C)CNc1sc(C(=O)OCC)c(N)c1OC(C)C. The molecule has 0 aliphatic carbocycles. The molecule has 3 N–H and O–H groups in total. The van der Waals surface area contributed by atoms with Crippen molar-refractivity contribution in [2.75, 3.05) is 24.2 Å². The molecule has 6 heteroatoms. The first kappa shape index (κ1) is 16.4. The first-order valence-electron chi connectivity index (χ1n) is 6.51. The van der Waals surface area contributed by atoms with Gasteiger partial charge in [0.2, 0.25) is 0 Å². The van der Waals surface area contributed by atoms with Gasteiger partial charge in [-0.1, -0.05) is 12.2 Å². The minimum Gasteiger partial charge on any atom is -0.486 e. The Labute approximate surface area is 123 Å². The molecule has 1 aromatic rings. The van der Waals surface area contributed by atoms with Crippen LogP contribution >= 0.6 is 11.3 Å². The van der Waals surface area contributed by atoms with E-state index in [1.165, 1.54) is 11.3 Å². The van der Waals surface area contributed by atoms with Gasteiger partial charge in [-0.3, -0.25) is 0 Å². The Bertz CT molecular complexity index is 495. The highest BCUT2D eigenvalue weighted by Gasteiger charge is 2.23. The summed E-state index contributed by atoms with van der Waals surface area (Å²) in [6.07, 6.45) is -0.0349. The molecule has 0 aliphatic heterocycles. The van der Waals surface area contributed by atoms with E-state index in [4.69, 9.17) is 15.2 Å². The van der Waals surface area contributed by atoms with E-state index in [-0.39, 0.29) is 6.10 Å². The number of rotatable bonds is 7. The Hall–Kier alpha value is -1.69. The highest BCUT2D eigenvalue weighted by molar-refractivity contribution is 7.19. The summed E-state index contributed by atoms with van der Waals surface area (Å²) in [6.45, 7) is 12.2. The van der Waals surface area contributed by atoms with Crippen LogP contribution in [0.2, 0.25) is 0 Å². The van der Waals surface area contributed by atoms with E-state index in [1.807, 2.05) is 20.8 Å². The average Bonchev–Trinajstić information content (AvgIpc) is 2.64. The van der Waals surface area contributed by atoms with Crippen molar-refractivity contribution in [3.05, 3.63) is 17.0 Å². The molecule has 1 heterocycles. The van der Waals surface area contributed by atoms with Crippen LogP contribution in [0.3, 0.4) is 0 Å². The molecule has 1 aromatic heterocycles. The summed E-state index contributed by atoms with van der Waals surface area (Å²) in [7, 11) is 0. The van der Waals surface area contributed by atoms with Crippen molar-refractivity contribution in [2.24, 2.45) is 0 Å². The minimum absolute atomic E-state index is 0.0349. The van der Waals surface area contributed by atoms with E-state index < -0.39 is 5.97 Å². The van der Waals surface area contributed by atoms with E-state index in [9.17, 15) is 4.79 Å². The van der Waals surface area contributed by atoms with Crippen LogP contribution in [0.25, 0.3) is 0 Å². The maximum Gasteiger partial charge on any atom is 0.350 e. The minimum atomic E-state index is -0.424. The number of esters is 1. The molecule has 0 saturated carbocycles. The number of carbonyl (C=O) groups excluding carboxylic acids is 1. The van der Waals surface area contributed by atoms with Gasteiger partial charge in [-0.25, -0.2) is 4.79 Å². The Kier molecular flexibility index (Phi) is 5.88. The summed E-state index contributed by atoms with van der Waals surface area (Å²) >= 11 is 1.24. The number of nitrogens with one attached hydrogen (secondary N) is 1.